The number of nitrogens with one attached hydrogen (secondary N) is 3. The third kappa shape index (κ3) is 4.41. The Labute approximate surface area is 153 Å². The van der Waals surface area contributed by atoms with Crippen LogP contribution in [0.5, 0.6) is 0 Å². The van der Waals surface area contributed by atoms with Gasteiger partial charge in [-0.1, -0.05) is 24.4 Å². The third-order valence-electron chi connectivity index (χ3n) is 4.73. The molecule has 1 aromatic rings. The number of benzene rings is 1. The second-order valence-electron chi connectivity index (χ2n) is 6.47. The highest BCUT2D eigenvalue weighted by Crippen LogP contribution is 2.33. The summed E-state index contributed by atoms with van der Waals surface area (Å²) in [6.45, 7) is 1.43. The highest BCUT2D eigenvalue weighted by atomic mass is 35.5. The molecule has 2 fully saturated rings. The maximum atomic E-state index is 12.4. The van der Waals surface area contributed by atoms with Crippen LogP contribution in [0.2, 0.25) is 5.02 Å². The van der Waals surface area contributed by atoms with Gasteiger partial charge in [0.2, 0.25) is 11.8 Å². The predicted molar refractivity (Wildman–Crippen MR) is 98.9 cm³/mol. The van der Waals surface area contributed by atoms with Gasteiger partial charge in [0.1, 0.15) is 0 Å². The molecule has 7 heteroatoms. The van der Waals surface area contributed by atoms with Crippen molar-refractivity contribution in [1.29, 1.82) is 0 Å². The Kier molecular flexibility index (Phi) is 6.49. The van der Waals surface area contributed by atoms with E-state index in [9.17, 15) is 9.59 Å². The number of hydrogen-bond acceptors (Lipinski definition) is 3. The van der Waals surface area contributed by atoms with E-state index in [2.05, 4.69) is 16.0 Å². The molecule has 3 unspecified atom stereocenters. The van der Waals surface area contributed by atoms with Gasteiger partial charge >= 0.3 is 0 Å². The molecule has 0 aromatic heterocycles. The van der Waals surface area contributed by atoms with Gasteiger partial charge in [-0.15, -0.1) is 12.4 Å². The highest BCUT2D eigenvalue weighted by molar-refractivity contribution is 6.34. The molecule has 1 aliphatic heterocycles. The Bertz CT molecular complexity index is 610. The minimum Gasteiger partial charge on any atom is -0.325 e. The fraction of sp³-hybridized carbons (Fsp3) is 0.529. The molecule has 2 amide bonds. The smallest absolute Gasteiger partial charge is 0.241 e. The molecule has 1 aliphatic carbocycles. The number of amides is 2. The molecule has 0 spiro atoms. The van der Waals surface area contributed by atoms with Gasteiger partial charge in [0.25, 0.3) is 0 Å². The third-order valence-corrected chi connectivity index (χ3v) is 5.04. The summed E-state index contributed by atoms with van der Waals surface area (Å²) in [6, 6.07) is 5.47. The number of rotatable bonds is 3. The summed E-state index contributed by atoms with van der Waals surface area (Å²) < 4.78 is 0. The van der Waals surface area contributed by atoms with E-state index in [4.69, 9.17) is 11.6 Å². The van der Waals surface area contributed by atoms with Crippen molar-refractivity contribution in [2.45, 2.75) is 51.1 Å². The topological polar surface area (TPSA) is 70.2 Å². The zero-order valence-corrected chi connectivity index (χ0v) is 15.2. The largest absolute Gasteiger partial charge is 0.325 e. The van der Waals surface area contributed by atoms with Crippen LogP contribution < -0.4 is 16.0 Å². The van der Waals surface area contributed by atoms with E-state index in [1.54, 1.807) is 18.2 Å². The predicted octanol–water partition coefficient (Wildman–Crippen LogP) is 3.58. The number of anilines is 2. The van der Waals surface area contributed by atoms with E-state index < -0.39 is 0 Å². The van der Waals surface area contributed by atoms with Gasteiger partial charge in [0, 0.05) is 18.7 Å². The summed E-state index contributed by atoms with van der Waals surface area (Å²) in [7, 11) is 0. The Morgan fingerprint density at radius 1 is 1.21 bits per heavy atom. The average Bonchev–Trinajstić information content (AvgIpc) is 2.94. The molecule has 1 aromatic carbocycles. The molecular weight excluding hydrogens is 349 g/mol. The lowest BCUT2D eigenvalue weighted by atomic mass is 9.85. The molecule has 3 rings (SSSR count). The lowest BCUT2D eigenvalue weighted by Gasteiger charge is -2.24. The number of fused-ring (bicyclic) bond motifs is 1. The molecule has 1 saturated carbocycles. The Morgan fingerprint density at radius 3 is 2.62 bits per heavy atom. The van der Waals surface area contributed by atoms with Crippen molar-refractivity contribution >= 4 is 47.2 Å². The maximum absolute atomic E-state index is 12.4. The van der Waals surface area contributed by atoms with Gasteiger partial charge in [-0.25, -0.2) is 0 Å². The molecule has 5 nitrogen and oxygen atoms in total. The zero-order chi connectivity index (χ0) is 16.4. The van der Waals surface area contributed by atoms with Gasteiger partial charge in [-0.05, 0) is 43.4 Å². The van der Waals surface area contributed by atoms with E-state index in [0.717, 1.165) is 6.42 Å². The van der Waals surface area contributed by atoms with Crippen molar-refractivity contribution < 1.29 is 9.59 Å². The van der Waals surface area contributed by atoms with Crippen LogP contribution in [-0.2, 0) is 9.59 Å². The summed E-state index contributed by atoms with van der Waals surface area (Å²) in [5.41, 5.74) is 1.19. The summed E-state index contributed by atoms with van der Waals surface area (Å²) in [6.07, 6.45) is 5.83. The van der Waals surface area contributed by atoms with Crippen LogP contribution in [0.4, 0.5) is 11.4 Å². The van der Waals surface area contributed by atoms with Crippen LogP contribution in [-0.4, -0.2) is 23.9 Å². The fourth-order valence-corrected chi connectivity index (χ4v) is 3.86. The minimum absolute atomic E-state index is 0. The van der Waals surface area contributed by atoms with E-state index >= 15 is 0 Å². The molecule has 3 atom stereocenters. The number of hydrogen-bond donors (Lipinski definition) is 3. The van der Waals surface area contributed by atoms with Crippen LogP contribution in [0.1, 0.15) is 39.0 Å². The Morgan fingerprint density at radius 2 is 1.96 bits per heavy atom. The molecule has 0 bridgehead atoms. The lowest BCUT2D eigenvalue weighted by Crippen LogP contribution is -2.39. The van der Waals surface area contributed by atoms with Crippen molar-refractivity contribution in [3.05, 3.63) is 23.2 Å². The van der Waals surface area contributed by atoms with Gasteiger partial charge in [-0.3, -0.25) is 9.59 Å². The SMILES string of the molecule is CC(=O)Nc1ccc(NC(=O)C2CC3CCCCC3N2)cc1Cl.Cl. The van der Waals surface area contributed by atoms with E-state index in [1.165, 1.54) is 32.6 Å². The number of halogens is 2. The molecule has 1 saturated heterocycles. The van der Waals surface area contributed by atoms with Gasteiger partial charge < -0.3 is 16.0 Å². The van der Waals surface area contributed by atoms with E-state index in [-0.39, 0.29) is 30.3 Å². The molecule has 2 aliphatic rings. The minimum atomic E-state index is -0.179. The van der Waals surface area contributed by atoms with Gasteiger partial charge in [0.15, 0.2) is 0 Å². The lowest BCUT2D eigenvalue weighted by molar-refractivity contribution is -0.118. The van der Waals surface area contributed by atoms with Crippen LogP contribution in [0.25, 0.3) is 0 Å². The molecular formula is C17H23Cl2N3O2. The Balaban J connectivity index is 0.00000208. The summed E-state index contributed by atoms with van der Waals surface area (Å²) >= 11 is 6.13. The number of carbonyl (C=O) groups excluding carboxylic acids is 2. The molecule has 1 heterocycles. The van der Waals surface area contributed by atoms with Crippen molar-refractivity contribution in [2.24, 2.45) is 5.92 Å². The second-order valence-corrected chi connectivity index (χ2v) is 6.88. The van der Waals surface area contributed by atoms with E-state index in [1.807, 2.05) is 0 Å². The number of carbonyl (C=O) groups is 2. The molecule has 0 radical (unpaired) electrons. The average molecular weight is 372 g/mol. The quantitative estimate of drug-likeness (QED) is 0.760. The van der Waals surface area contributed by atoms with Gasteiger partial charge in [0.05, 0.1) is 16.8 Å². The van der Waals surface area contributed by atoms with E-state index in [0.29, 0.717) is 28.4 Å². The van der Waals surface area contributed by atoms with Gasteiger partial charge in [-0.2, -0.15) is 0 Å². The molecule has 132 valence electrons. The first-order chi connectivity index (χ1) is 11.0. The van der Waals surface area contributed by atoms with Crippen LogP contribution in [0.3, 0.4) is 0 Å². The van der Waals surface area contributed by atoms with Crippen molar-refractivity contribution in [3.63, 3.8) is 0 Å². The highest BCUT2D eigenvalue weighted by Gasteiger charge is 2.38. The summed E-state index contributed by atoms with van der Waals surface area (Å²) in [4.78, 5) is 23.5. The van der Waals surface area contributed by atoms with Crippen molar-refractivity contribution in [3.8, 4) is 0 Å². The molecule has 3 N–H and O–H groups in total. The normalized spacial score (nSPS) is 25.3. The summed E-state index contributed by atoms with van der Waals surface area (Å²) in [5, 5.41) is 9.43. The first-order valence-electron chi connectivity index (χ1n) is 8.17. The summed E-state index contributed by atoms with van der Waals surface area (Å²) in [5.74, 6) is 0.439. The first-order valence-corrected chi connectivity index (χ1v) is 8.55. The van der Waals surface area contributed by atoms with Crippen LogP contribution >= 0.6 is 24.0 Å². The zero-order valence-electron chi connectivity index (χ0n) is 13.6. The van der Waals surface area contributed by atoms with Crippen molar-refractivity contribution in [2.75, 3.05) is 10.6 Å². The molecule has 24 heavy (non-hydrogen) atoms. The first kappa shape index (κ1) is 19.0. The Hall–Kier alpha value is -1.30. The maximum Gasteiger partial charge on any atom is 0.241 e. The van der Waals surface area contributed by atoms with Crippen molar-refractivity contribution in [1.82, 2.24) is 5.32 Å². The monoisotopic (exact) mass is 371 g/mol. The van der Waals surface area contributed by atoms with Crippen LogP contribution in [0.15, 0.2) is 18.2 Å². The van der Waals surface area contributed by atoms with Crippen LogP contribution in [0, 0.1) is 5.92 Å². The standard InChI is InChI=1S/C17H22ClN3O2.ClH/c1-10(22)19-15-7-6-12(9-13(15)18)20-17(23)16-8-11-4-2-3-5-14(11)21-16;/h6-7,9,11,14,16,21H,2-5,8H2,1H3,(H,19,22)(H,20,23);1H. The fourth-order valence-electron chi connectivity index (χ4n) is 3.63. The second kappa shape index (κ2) is 8.19.